The van der Waals surface area contributed by atoms with E-state index in [1.54, 1.807) is 0 Å². The smallest absolute Gasteiger partial charge is 0.389 e. The lowest BCUT2D eigenvalue weighted by atomic mass is 9.94. The third kappa shape index (κ3) is 31.2. The Labute approximate surface area is 513 Å². The summed E-state index contributed by atoms with van der Waals surface area (Å²) in [4.78, 5) is 6.97. The monoisotopic (exact) mass is 1260 g/mol. The van der Waals surface area contributed by atoms with Crippen molar-refractivity contribution in [3.05, 3.63) is 0 Å². The minimum absolute atomic E-state index is 0.124. The van der Waals surface area contributed by atoms with Crippen LogP contribution in [0.5, 0.6) is 0 Å². The standard InChI is InChI=1S/C60H125N3O18Si3/c1-13-73-82(74-14-2,75-15-3)48-61(54-31-25-22-26-32-54)37-57(64)43-69-51(10)40-67-46-60(72-42-53(12)71-45-59(66)39-63(56-35-29-24-30-36-56)50-84(79-19-7,80-20-8)81-21-9)47-68-41-52(11)70-44-58(65)38-62(55-33-27-23-28-34-55)49-83(76-16-4,77-17-5)78-18-6/h51-60,64-66H,13-50H2,1-12H3. The molecule has 6 atom stereocenters. The van der Waals surface area contributed by atoms with E-state index in [2.05, 4.69) is 14.7 Å². The Balaban J connectivity index is 1.65. The molecule has 0 aromatic carbocycles. The molecule has 24 heteroatoms. The van der Waals surface area contributed by atoms with Crippen molar-refractivity contribution < 1.29 is 83.6 Å². The Hall–Kier alpha value is -0.189. The average Bonchev–Trinajstić information content (AvgIpc) is 3.57. The van der Waals surface area contributed by atoms with Crippen molar-refractivity contribution in [3.8, 4) is 0 Å². The SMILES string of the molecule is CCO[Si](CN(CC(O)COC(C)COCC(COCC(C)OCC(O)CN(C[Si](OCC)(OCC)OCC)C1CCCCC1)OCC(C)OCC(O)CN(C[Si](OCC)(OCC)OCC)C1CCCCC1)C1CCCCC1)(OCC)OCC. The van der Waals surface area contributed by atoms with Crippen LogP contribution in [0.25, 0.3) is 0 Å². The Morgan fingerprint density at radius 2 is 0.560 bits per heavy atom. The molecule has 3 fully saturated rings. The number of ether oxygens (including phenoxy) is 6. The lowest BCUT2D eigenvalue weighted by Crippen LogP contribution is -2.59. The van der Waals surface area contributed by atoms with Crippen molar-refractivity contribution in [1.82, 2.24) is 14.7 Å². The Kier molecular flexibility index (Phi) is 42.7. The number of aliphatic hydroxyl groups is 3. The van der Waals surface area contributed by atoms with E-state index >= 15 is 0 Å². The van der Waals surface area contributed by atoms with Gasteiger partial charge in [-0.05, 0) is 122 Å². The minimum Gasteiger partial charge on any atom is -0.389 e. The maximum Gasteiger partial charge on any atom is 0.515 e. The van der Waals surface area contributed by atoms with E-state index in [1.165, 1.54) is 19.3 Å². The molecule has 0 saturated heterocycles. The Morgan fingerprint density at radius 3 is 0.798 bits per heavy atom. The van der Waals surface area contributed by atoms with Crippen molar-refractivity contribution in [2.45, 2.75) is 240 Å². The van der Waals surface area contributed by atoms with E-state index in [9.17, 15) is 15.3 Å². The van der Waals surface area contributed by atoms with Crippen LogP contribution >= 0.6 is 0 Å². The average molecular weight is 1260 g/mol. The zero-order valence-electron chi connectivity index (χ0n) is 55.0. The summed E-state index contributed by atoms with van der Waals surface area (Å²) in [6, 6.07) is 0.911. The van der Waals surface area contributed by atoms with Gasteiger partial charge in [-0.25, -0.2) is 0 Å². The van der Waals surface area contributed by atoms with E-state index in [0.29, 0.717) is 116 Å². The Morgan fingerprint density at radius 1 is 0.321 bits per heavy atom. The molecule has 0 radical (unpaired) electrons. The van der Waals surface area contributed by atoms with Gasteiger partial charge in [0.25, 0.3) is 0 Å². The lowest BCUT2D eigenvalue weighted by Gasteiger charge is -2.40. The fourth-order valence-electron chi connectivity index (χ4n) is 12.0. The highest BCUT2D eigenvalue weighted by Gasteiger charge is 2.47. The summed E-state index contributed by atoms with van der Waals surface area (Å²) >= 11 is 0. The van der Waals surface area contributed by atoms with E-state index in [1.807, 2.05) is 83.1 Å². The van der Waals surface area contributed by atoms with Gasteiger partial charge in [0.05, 0.1) is 108 Å². The molecule has 0 aromatic heterocycles. The zero-order chi connectivity index (χ0) is 61.5. The van der Waals surface area contributed by atoms with Gasteiger partial charge >= 0.3 is 26.4 Å². The van der Waals surface area contributed by atoms with Crippen LogP contribution in [0.15, 0.2) is 0 Å². The van der Waals surface area contributed by atoms with E-state index < -0.39 is 50.8 Å². The van der Waals surface area contributed by atoms with Crippen LogP contribution in [-0.2, 0) is 68.3 Å². The fraction of sp³-hybridized carbons (Fsp3) is 1.00. The molecule has 3 aliphatic rings. The predicted molar refractivity (Wildman–Crippen MR) is 333 cm³/mol. The minimum atomic E-state index is -3.02. The predicted octanol–water partition coefficient (Wildman–Crippen LogP) is 7.37. The maximum atomic E-state index is 11.5. The fourth-order valence-corrected chi connectivity index (χ4v) is 20.1. The molecule has 0 spiro atoms. The first kappa shape index (κ1) is 78.1. The normalized spacial score (nSPS) is 19.4. The molecule has 3 rings (SSSR count). The van der Waals surface area contributed by atoms with Gasteiger partial charge in [-0.2, -0.15) is 0 Å². The summed E-state index contributed by atoms with van der Waals surface area (Å²) in [6.07, 6.45) is 14.8. The third-order valence-corrected chi connectivity index (χ3v) is 24.6. The van der Waals surface area contributed by atoms with E-state index in [4.69, 9.17) is 68.3 Å². The highest BCUT2D eigenvalue weighted by atomic mass is 28.4. The van der Waals surface area contributed by atoms with Crippen LogP contribution in [0.4, 0.5) is 0 Å². The first-order chi connectivity index (χ1) is 40.6. The largest absolute Gasteiger partial charge is 0.515 e. The highest BCUT2D eigenvalue weighted by Crippen LogP contribution is 2.29. The van der Waals surface area contributed by atoms with Gasteiger partial charge < -0.3 is 83.6 Å². The molecule has 84 heavy (non-hydrogen) atoms. The van der Waals surface area contributed by atoms with Crippen molar-refractivity contribution in [2.75, 3.05) is 150 Å². The van der Waals surface area contributed by atoms with Crippen LogP contribution in [0.1, 0.15) is 179 Å². The molecule has 0 amide bonds. The molecule has 0 aliphatic heterocycles. The molecule has 0 bridgehead atoms. The van der Waals surface area contributed by atoms with Crippen molar-refractivity contribution >= 4 is 26.4 Å². The topological polar surface area (TPSA) is 209 Å². The maximum absolute atomic E-state index is 11.5. The number of hydrogen-bond donors (Lipinski definition) is 3. The molecule has 3 N–H and O–H groups in total. The number of hydrogen-bond acceptors (Lipinski definition) is 21. The number of aliphatic hydroxyl groups excluding tert-OH is 3. The molecule has 3 saturated carbocycles. The quantitative estimate of drug-likeness (QED) is 0.0508. The van der Waals surface area contributed by atoms with Gasteiger partial charge in [-0.1, -0.05) is 57.8 Å². The van der Waals surface area contributed by atoms with E-state index in [-0.39, 0.29) is 71.2 Å². The third-order valence-electron chi connectivity index (χ3n) is 15.7. The van der Waals surface area contributed by atoms with Gasteiger partial charge in [0.1, 0.15) is 6.10 Å². The van der Waals surface area contributed by atoms with Crippen LogP contribution in [0.2, 0.25) is 0 Å². The molecule has 6 unspecified atom stereocenters. The van der Waals surface area contributed by atoms with Crippen molar-refractivity contribution in [2.24, 2.45) is 0 Å². The second-order valence-corrected chi connectivity index (χ2v) is 30.7. The molecule has 0 heterocycles. The van der Waals surface area contributed by atoms with Crippen LogP contribution in [0.3, 0.4) is 0 Å². The highest BCUT2D eigenvalue weighted by molar-refractivity contribution is 6.61. The summed E-state index contributed by atoms with van der Waals surface area (Å²) in [5.74, 6) is 0. The molecular formula is C60H125N3O18Si3. The van der Waals surface area contributed by atoms with Gasteiger partial charge in [0.15, 0.2) is 0 Å². The second-order valence-electron chi connectivity index (χ2n) is 23.0. The zero-order valence-corrected chi connectivity index (χ0v) is 58.0. The summed E-state index contributed by atoms with van der Waals surface area (Å²) < 4.78 is 94.0. The first-order valence-electron chi connectivity index (χ1n) is 33.2. The van der Waals surface area contributed by atoms with Gasteiger partial charge in [0, 0.05) is 97.2 Å². The number of nitrogens with zero attached hydrogens (tertiary/aromatic N) is 3. The second kappa shape index (κ2) is 46.0. The van der Waals surface area contributed by atoms with Crippen molar-refractivity contribution in [1.29, 1.82) is 0 Å². The molecular weight excluding hydrogens is 1130 g/mol. The summed E-state index contributed by atoms with van der Waals surface area (Å²) in [7, 11) is -9.05. The molecule has 21 nitrogen and oxygen atoms in total. The molecule has 3 aliphatic carbocycles. The summed E-state index contributed by atoms with van der Waals surface area (Å²) in [6.45, 7) is 30.8. The summed E-state index contributed by atoms with van der Waals surface area (Å²) in [5, 5.41) is 34.5. The van der Waals surface area contributed by atoms with Crippen molar-refractivity contribution in [3.63, 3.8) is 0 Å². The summed E-state index contributed by atoms with van der Waals surface area (Å²) in [5.41, 5.74) is 0. The van der Waals surface area contributed by atoms with Crippen LogP contribution in [-0.4, -0.2) is 268 Å². The lowest BCUT2D eigenvalue weighted by molar-refractivity contribution is -0.118. The molecule has 0 aromatic rings. The van der Waals surface area contributed by atoms with Gasteiger partial charge in [-0.3, -0.25) is 14.7 Å². The Bertz CT molecular complexity index is 1440. The first-order valence-corrected chi connectivity index (χ1v) is 39.0. The van der Waals surface area contributed by atoms with Crippen LogP contribution in [0, 0.1) is 0 Å². The molecule has 500 valence electrons. The van der Waals surface area contributed by atoms with Gasteiger partial charge in [-0.15, -0.1) is 0 Å². The number of rotatable bonds is 53. The van der Waals surface area contributed by atoms with Gasteiger partial charge in [0.2, 0.25) is 0 Å². The van der Waals surface area contributed by atoms with E-state index in [0.717, 1.165) is 77.0 Å². The van der Waals surface area contributed by atoms with Crippen LogP contribution < -0.4 is 0 Å².